The van der Waals surface area contributed by atoms with E-state index in [4.69, 9.17) is 16.3 Å². The largest absolute Gasteiger partial charge is 0.496 e. The molecule has 0 amide bonds. The number of para-hydroxylation sites is 1. The van der Waals surface area contributed by atoms with Gasteiger partial charge in [-0.25, -0.2) is 0 Å². The van der Waals surface area contributed by atoms with E-state index in [0.29, 0.717) is 10.8 Å². The summed E-state index contributed by atoms with van der Waals surface area (Å²) in [4.78, 5) is 0. The number of hydrogen-bond acceptors (Lipinski definition) is 5. The summed E-state index contributed by atoms with van der Waals surface area (Å²) < 4.78 is 7.12. The smallest absolute Gasteiger partial charge is 0.214 e. The third-order valence-electron chi connectivity index (χ3n) is 3.38. The van der Waals surface area contributed by atoms with Gasteiger partial charge >= 0.3 is 0 Å². The summed E-state index contributed by atoms with van der Waals surface area (Å²) in [6, 6.07) is 13.6. The zero-order valence-corrected chi connectivity index (χ0v) is 14.3. The van der Waals surface area contributed by atoms with Crippen molar-refractivity contribution in [2.45, 2.75) is 17.8 Å². The fourth-order valence-electron chi connectivity index (χ4n) is 2.22. The number of tetrazole rings is 1. The highest BCUT2D eigenvalue weighted by Gasteiger charge is 2.12. The molecule has 0 radical (unpaired) electrons. The van der Waals surface area contributed by atoms with Crippen LogP contribution in [0.1, 0.15) is 11.1 Å². The third-order valence-corrected chi connectivity index (χ3v) is 4.59. The van der Waals surface area contributed by atoms with E-state index in [0.717, 1.165) is 27.7 Å². The number of ether oxygens (including phenoxy) is 1. The number of aryl methyl sites for hydroxylation is 1. The average Bonchev–Trinajstić information content (AvgIpc) is 3.02. The Bertz CT molecular complexity index is 821. The molecule has 1 heterocycles. The molecule has 3 rings (SSSR count). The molecule has 0 spiro atoms. The SMILES string of the molecule is COc1ccc(Cl)cc1CSc1nnnn1-c1ccccc1C. The maximum absolute atomic E-state index is 6.07. The van der Waals surface area contributed by atoms with Gasteiger partial charge in [-0.3, -0.25) is 0 Å². The first-order chi connectivity index (χ1) is 11.2. The number of nitrogens with zero attached hydrogens (tertiary/aromatic N) is 4. The molecule has 7 heteroatoms. The van der Waals surface area contributed by atoms with Gasteiger partial charge in [0.25, 0.3) is 0 Å². The first-order valence-electron chi connectivity index (χ1n) is 6.98. The first kappa shape index (κ1) is 15.8. The predicted octanol–water partition coefficient (Wildman–Crippen LogP) is 3.93. The van der Waals surface area contributed by atoms with Crippen LogP contribution < -0.4 is 4.74 Å². The minimum absolute atomic E-state index is 0.663. The van der Waals surface area contributed by atoms with Crippen LogP contribution in [0.15, 0.2) is 47.6 Å². The van der Waals surface area contributed by atoms with Crippen LogP contribution in [0.3, 0.4) is 0 Å². The maximum atomic E-state index is 6.07. The standard InChI is InChI=1S/C16H15ClN4OS/c1-11-5-3-4-6-14(11)21-16(18-19-20-21)23-10-12-9-13(17)7-8-15(12)22-2/h3-9H,10H2,1-2H3. The van der Waals surface area contributed by atoms with Crippen molar-refractivity contribution in [2.24, 2.45) is 0 Å². The molecular formula is C16H15ClN4OS. The van der Waals surface area contributed by atoms with Gasteiger partial charge in [0.2, 0.25) is 5.16 Å². The molecule has 0 N–H and O–H groups in total. The monoisotopic (exact) mass is 346 g/mol. The molecule has 0 aliphatic heterocycles. The fourth-order valence-corrected chi connectivity index (χ4v) is 3.28. The van der Waals surface area contributed by atoms with Crippen molar-refractivity contribution in [3.63, 3.8) is 0 Å². The van der Waals surface area contributed by atoms with Gasteiger partial charge in [-0.2, -0.15) is 4.68 Å². The summed E-state index contributed by atoms with van der Waals surface area (Å²) in [7, 11) is 1.65. The second kappa shape index (κ2) is 7.02. The van der Waals surface area contributed by atoms with Gasteiger partial charge in [0.15, 0.2) is 0 Å². The van der Waals surface area contributed by atoms with Crippen LogP contribution in [0, 0.1) is 6.92 Å². The lowest BCUT2D eigenvalue weighted by molar-refractivity contribution is 0.411. The van der Waals surface area contributed by atoms with Gasteiger partial charge in [-0.15, -0.1) is 5.10 Å². The molecule has 3 aromatic rings. The highest BCUT2D eigenvalue weighted by Crippen LogP contribution is 2.30. The number of benzene rings is 2. The van der Waals surface area contributed by atoms with Crippen molar-refractivity contribution in [2.75, 3.05) is 7.11 Å². The highest BCUT2D eigenvalue weighted by atomic mass is 35.5. The van der Waals surface area contributed by atoms with Crippen LogP contribution in [-0.2, 0) is 5.75 Å². The third kappa shape index (κ3) is 3.48. The van der Waals surface area contributed by atoms with E-state index in [1.165, 1.54) is 11.8 Å². The zero-order chi connectivity index (χ0) is 16.2. The summed E-state index contributed by atoms with van der Waals surface area (Å²) in [6.07, 6.45) is 0. The summed E-state index contributed by atoms with van der Waals surface area (Å²) in [5.74, 6) is 1.47. The molecule has 118 valence electrons. The van der Waals surface area contributed by atoms with Gasteiger partial charge in [0.05, 0.1) is 12.8 Å². The Morgan fingerprint density at radius 2 is 2.04 bits per heavy atom. The maximum Gasteiger partial charge on any atom is 0.214 e. The zero-order valence-electron chi connectivity index (χ0n) is 12.7. The Morgan fingerprint density at radius 3 is 2.83 bits per heavy atom. The van der Waals surface area contributed by atoms with E-state index in [1.54, 1.807) is 11.8 Å². The van der Waals surface area contributed by atoms with E-state index in [9.17, 15) is 0 Å². The number of halogens is 1. The summed E-state index contributed by atoms with van der Waals surface area (Å²) in [6.45, 7) is 2.03. The van der Waals surface area contributed by atoms with Crippen LogP contribution in [0.25, 0.3) is 5.69 Å². The van der Waals surface area contributed by atoms with E-state index in [1.807, 2.05) is 49.4 Å². The number of rotatable bonds is 5. The number of thioether (sulfide) groups is 1. The Labute approximate surface area is 143 Å². The lowest BCUT2D eigenvalue weighted by Gasteiger charge is -2.09. The molecule has 0 saturated heterocycles. The van der Waals surface area contributed by atoms with Crippen LogP contribution in [-0.4, -0.2) is 27.3 Å². The minimum atomic E-state index is 0.663. The second-order valence-corrected chi connectivity index (χ2v) is 6.28. The average molecular weight is 347 g/mol. The predicted molar refractivity (Wildman–Crippen MR) is 91.5 cm³/mol. The number of methoxy groups -OCH3 is 1. The summed E-state index contributed by atoms with van der Waals surface area (Å²) in [5, 5.41) is 13.4. The van der Waals surface area contributed by atoms with Gasteiger partial charge in [-0.05, 0) is 47.2 Å². The van der Waals surface area contributed by atoms with Gasteiger partial charge in [0, 0.05) is 16.3 Å². The van der Waals surface area contributed by atoms with E-state index < -0.39 is 0 Å². The molecule has 0 bridgehead atoms. The Kier molecular flexibility index (Phi) is 4.83. The van der Waals surface area contributed by atoms with Crippen LogP contribution >= 0.6 is 23.4 Å². The Hall–Kier alpha value is -2.05. The highest BCUT2D eigenvalue weighted by molar-refractivity contribution is 7.98. The van der Waals surface area contributed by atoms with Crippen molar-refractivity contribution in [1.82, 2.24) is 20.2 Å². The Balaban J connectivity index is 1.85. The summed E-state index contributed by atoms with van der Waals surface area (Å²) >= 11 is 7.61. The molecule has 0 saturated carbocycles. The lowest BCUT2D eigenvalue weighted by atomic mass is 10.2. The molecule has 0 fully saturated rings. The molecule has 0 aliphatic rings. The number of aromatic nitrogens is 4. The second-order valence-electron chi connectivity index (χ2n) is 4.90. The molecule has 5 nitrogen and oxygen atoms in total. The molecule has 2 aromatic carbocycles. The van der Waals surface area contributed by atoms with Crippen molar-refractivity contribution in [1.29, 1.82) is 0 Å². The van der Waals surface area contributed by atoms with Crippen LogP contribution in [0.2, 0.25) is 5.02 Å². The molecule has 0 atom stereocenters. The minimum Gasteiger partial charge on any atom is -0.496 e. The molecular weight excluding hydrogens is 332 g/mol. The molecule has 0 aliphatic carbocycles. The fraction of sp³-hybridized carbons (Fsp3) is 0.188. The first-order valence-corrected chi connectivity index (χ1v) is 8.35. The van der Waals surface area contributed by atoms with Crippen LogP contribution in [0.5, 0.6) is 5.75 Å². The molecule has 1 aromatic heterocycles. The van der Waals surface area contributed by atoms with Crippen molar-refractivity contribution in [3.8, 4) is 11.4 Å². The Morgan fingerprint density at radius 1 is 1.22 bits per heavy atom. The number of hydrogen-bond donors (Lipinski definition) is 0. The summed E-state index contributed by atoms with van der Waals surface area (Å²) in [5.41, 5.74) is 3.09. The van der Waals surface area contributed by atoms with Crippen LogP contribution in [0.4, 0.5) is 0 Å². The van der Waals surface area contributed by atoms with Crippen molar-refractivity contribution in [3.05, 3.63) is 58.6 Å². The normalized spacial score (nSPS) is 10.7. The van der Waals surface area contributed by atoms with Crippen molar-refractivity contribution < 1.29 is 4.74 Å². The molecule has 0 unspecified atom stereocenters. The van der Waals surface area contributed by atoms with E-state index in [-0.39, 0.29) is 0 Å². The molecule has 23 heavy (non-hydrogen) atoms. The van der Waals surface area contributed by atoms with Gasteiger partial charge < -0.3 is 4.74 Å². The quantitative estimate of drug-likeness (QED) is 0.655. The van der Waals surface area contributed by atoms with Gasteiger partial charge in [-0.1, -0.05) is 41.6 Å². The lowest BCUT2D eigenvalue weighted by Crippen LogP contribution is -2.01. The van der Waals surface area contributed by atoms with E-state index >= 15 is 0 Å². The van der Waals surface area contributed by atoms with Gasteiger partial charge in [0.1, 0.15) is 5.75 Å². The van der Waals surface area contributed by atoms with Crippen molar-refractivity contribution >= 4 is 23.4 Å². The topological polar surface area (TPSA) is 52.8 Å². The van der Waals surface area contributed by atoms with E-state index in [2.05, 4.69) is 15.5 Å².